The number of amides is 1. The van der Waals surface area contributed by atoms with Gasteiger partial charge in [0.15, 0.2) is 0 Å². The molecule has 1 aromatic heterocycles. The minimum absolute atomic E-state index is 0.0307. The van der Waals surface area contributed by atoms with E-state index in [1.807, 2.05) is 0 Å². The van der Waals surface area contributed by atoms with Crippen molar-refractivity contribution in [2.75, 3.05) is 12.0 Å². The first-order valence-corrected chi connectivity index (χ1v) is 10.1. The quantitative estimate of drug-likeness (QED) is 0.322. The summed E-state index contributed by atoms with van der Waals surface area (Å²) in [5.41, 5.74) is 0.209. The fourth-order valence-electron chi connectivity index (χ4n) is 3.63. The lowest BCUT2D eigenvalue weighted by Crippen LogP contribution is -2.29. The Hall–Kier alpha value is -3.42. The predicted molar refractivity (Wildman–Crippen MR) is 118 cm³/mol. The minimum Gasteiger partial charge on any atom is -0.507 e. The van der Waals surface area contributed by atoms with Gasteiger partial charge in [0, 0.05) is 16.9 Å². The van der Waals surface area contributed by atoms with Gasteiger partial charge in [-0.15, -0.1) is 0 Å². The van der Waals surface area contributed by atoms with E-state index in [4.69, 9.17) is 27.9 Å². The Morgan fingerprint density at radius 3 is 2.56 bits per heavy atom. The number of hydrogen-bond acceptors (Lipinski definition) is 5. The van der Waals surface area contributed by atoms with Gasteiger partial charge in [0.05, 0.1) is 29.0 Å². The summed E-state index contributed by atoms with van der Waals surface area (Å²) < 4.78 is 19.2. The van der Waals surface area contributed by atoms with Crippen LogP contribution in [0.2, 0.25) is 10.0 Å². The van der Waals surface area contributed by atoms with E-state index in [0.29, 0.717) is 5.69 Å². The lowest BCUT2D eigenvalue weighted by atomic mass is 9.97. The van der Waals surface area contributed by atoms with Crippen LogP contribution in [0.15, 0.2) is 66.4 Å². The van der Waals surface area contributed by atoms with E-state index in [-0.39, 0.29) is 32.6 Å². The molecule has 0 saturated carbocycles. The van der Waals surface area contributed by atoms with Crippen LogP contribution in [0.5, 0.6) is 5.75 Å². The smallest absolute Gasteiger partial charge is 0.300 e. The summed E-state index contributed by atoms with van der Waals surface area (Å²) in [6, 6.07) is 11.8. The van der Waals surface area contributed by atoms with Crippen LogP contribution >= 0.6 is 23.2 Å². The van der Waals surface area contributed by atoms with E-state index in [1.165, 1.54) is 43.6 Å². The summed E-state index contributed by atoms with van der Waals surface area (Å²) in [7, 11) is 1.34. The van der Waals surface area contributed by atoms with Crippen molar-refractivity contribution in [2.24, 2.45) is 0 Å². The molecular formula is C23H15Cl2FN2O4. The zero-order valence-electron chi connectivity index (χ0n) is 16.6. The predicted octanol–water partition coefficient (Wildman–Crippen LogP) is 5.16. The number of ketones is 1. The zero-order valence-corrected chi connectivity index (χ0v) is 18.1. The maximum absolute atomic E-state index is 13.9. The average Bonchev–Trinajstić information content (AvgIpc) is 3.04. The SMILES string of the molecule is COc1c(Cl)cc(Cl)cc1/C(O)=C1\C(=O)C(=O)N(c2cccc(F)c2)C1c1ccccn1. The summed E-state index contributed by atoms with van der Waals surface area (Å²) in [5, 5.41) is 11.5. The Kier molecular flexibility index (Phi) is 5.86. The molecule has 0 spiro atoms. The number of halogens is 3. The number of aliphatic hydroxyl groups is 1. The fraction of sp³-hybridized carbons (Fsp3) is 0.0870. The second kappa shape index (κ2) is 8.61. The van der Waals surface area contributed by atoms with Crippen molar-refractivity contribution in [1.29, 1.82) is 0 Å². The number of benzene rings is 2. The summed E-state index contributed by atoms with van der Waals surface area (Å²) in [6.45, 7) is 0. The highest BCUT2D eigenvalue weighted by molar-refractivity contribution is 6.51. The normalized spacial score (nSPS) is 17.6. The average molecular weight is 473 g/mol. The van der Waals surface area contributed by atoms with Gasteiger partial charge < -0.3 is 9.84 Å². The molecule has 4 rings (SSSR count). The summed E-state index contributed by atoms with van der Waals surface area (Å²) in [5.74, 6) is -2.97. The highest BCUT2D eigenvalue weighted by Gasteiger charge is 2.48. The van der Waals surface area contributed by atoms with Gasteiger partial charge in [0.1, 0.15) is 23.4 Å². The number of ether oxygens (including phenoxy) is 1. The summed E-state index contributed by atoms with van der Waals surface area (Å²) >= 11 is 12.3. The largest absolute Gasteiger partial charge is 0.507 e. The number of rotatable bonds is 4. The molecule has 1 unspecified atom stereocenters. The number of nitrogens with zero attached hydrogens (tertiary/aromatic N) is 2. The van der Waals surface area contributed by atoms with E-state index in [9.17, 15) is 19.1 Å². The molecule has 2 aromatic carbocycles. The molecule has 9 heteroatoms. The third-order valence-electron chi connectivity index (χ3n) is 4.97. The first-order valence-electron chi connectivity index (χ1n) is 9.34. The van der Waals surface area contributed by atoms with Crippen LogP contribution in [-0.4, -0.2) is 28.9 Å². The van der Waals surface area contributed by atoms with Gasteiger partial charge in [-0.25, -0.2) is 4.39 Å². The van der Waals surface area contributed by atoms with Crippen LogP contribution in [0.1, 0.15) is 17.3 Å². The molecule has 1 N–H and O–H groups in total. The molecule has 1 aliphatic heterocycles. The second-order valence-electron chi connectivity index (χ2n) is 6.87. The van der Waals surface area contributed by atoms with Gasteiger partial charge in [-0.1, -0.05) is 35.3 Å². The van der Waals surface area contributed by atoms with Crippen molar-refractivity contribution in [3.05, 3.63) is 93.5 Å². The fourth-order valence-corrected chi connectivity index (χ4v) is 4.20. The molecule has 32 heavy (non-hydrogen) atoms. The first-order chi connectivity index (χ1) is 15.3. The third-order valence-corrected chi connectivity index (χ3v) is 5.47. The van der Waals surface area contributed by atoms with E-state index in [0.717, 1.165) is 11.0 Å². The second-order valence-corrected chi connectivity index (χ2v) is 7.72. The molecule has 3 aromatic rings. The number of aliphatic hydroxyl groups excluding tert-OH is 1. The van der Waals surface area contributed by atoms with Crippen molar-refractivity contribution in [3.8, 4) is 5.75 Å². The maximum Gasteiger partial charge on any atom is 0.300 e. The van der Waals surface area contributed by atoms with Crippen LogP contribution in [-0.2, 0) is 9.59 Å². The molecule has 1 aliphatic rings. The molecule has 1 fully saturated rings. The molecule has 0 aliphatic carbocycles. The van der Waals surface area contributed by atoms with E-state index < -0.39 is 29.3 Å². The summed E-state index contributed by atoms with van der Waals surface area (Å²) in [4.78, 5) is 31.5. The highest BCUT2D eigenvalue weighted by Crippen LogP contribution is 2.44. The molecule has 6 nitrogen and oxygen atoms in total. The van der Waals surface area contributed by atoms with Gasteiger partial charge in [-0.2, -0.15) is 0 Å². The number of pyridine rings is 1. The van der Waals surface area contributed by atoms with Crippen molar-refractivity contribution >= 4 is 46.3 Å². The molecule has 0 radical (unpaired) electrons. The topological polar surface area (TPSA) is 79.7 Å². The van der Waals surface area contributed by atoms with Gasteiger partial charge >= 0.3 is 0 Å². The number of methoxy groups -OCH3 is 1. The molecule has 2 heterocycles. The molecule has 162 valence electrons. The molecule has 1 saturated heterocycles. The van der Waals surface area contributed by atoms with Gasteiger partial charge in [0.25, 0.3) is 11.7 Å². The van der Waals surface area contributed by atoms with Crippen LogP contribution in [0.3, 0.4) is 0 Å². The lowest BCUT2D eigenvalue weighted by molar-refractivity contribution is -0.132. The number of hydrogen-bond donors (Lipinski definition) is 1. The minimum atomic E-state index is -1.12. The van der Waals surface area contributed by atoms with Crippen molar-refractivity contribution in [1.82, 2.24) is 4.98 Å². The number of anilines is 1. The monoisotopic (exact) mass is 472 g/mol. The van der Waals surface area contributed by atoms with Crippen LogP contribution < -0.4 is 9.64 Å². The Labute approximate surface area is 192 Å². The molecule has 1 atom stereocenters. The van der Waals surface area contributed by atoms with Crippen molar-refractivity contribution < 1.29 is 23.8 Å². The zero-order chi connectivity index (χ0) is 23.0. The van der Waals surface area contributed by atoms with E-state index in [2.05, 4.69) is 4.98 Å². The number of aromatic nitrogens is 1. The Morgan fingerprint density at radius 1 is 1.12 bits per heavy atom. The number of Topliss-reactive ketones (excluding diaryl/α,β-unsaturated/α-hetero) is 1. The van der Waals surface area contributed by atoms with Crippen LogP contribution in [0, 0.1) is 5.82 Å². The maximum atomic E-state index is 13.9. The van der Waals surface area contributed by atoms with Crippen molar-refractivity contribution in [3.63, 3.8) is 0 Å². The molecule has 1 amide bonds. The summed E-state index contributed by atoms with van der Waals surface area (Å²) in [6.07, 6.45) is 1.48. The van der Waals surface area contributed by atoms with Crippen LogP contribution in [0.25, 0.3) is 5.76 Å². The molecule has 0 bridgehead atoms. The Morgan fingerprint density at radius 2 is 1.91 bits per heavy atom. The third kappa shape index (κ3) is 3.70. The van der Waals surface area contributed by atoms with Gasteiger partial charge in [-0.3, -0.25) is 19.5 Å². The van der Waals surface area contributed by atoms with Crippen LogP contribution in [0.4, 0.5) is 10.1 Å². The number of carbonyl (C=O) groups is 2. The van der Waals surface area contributed by atoms with Gasteiger partial charge in [0.2, 0.25) is 0 Å². The standard InChI is InChI=1S/C23H15Cl2FN2O4/c1-32-22-15(9-12(24)10-16(22)25)20(29)18-19(17-7-2-3-8-27-17)28(23(31)21(18)30)14-6-4-5-13(26)11-14/h2-11,19,29H,1H3/b20-18+. The number of carbonyl (C=O) groups excluding carboxylic acids is 2. The van der Waals surface area contributed by atoms with E-state index in [1.54, 1.807) is 18.2 Å². The Bertz CT molecular complexity index is 1260. The van der Waals surface area contributed by atoms with E-state index >= 15 is 0 Å². The Balaban J connectivity index is 2.01. The molecular weight excluding hydrogens is 458 g/mol. The first kappa shape index (κ1) is 21.8. The highest BCUT2D eigenvalue weighted by atomic mass is 35.5. The lowest BCUT2D eigenvalue weighted by Gasteiger charge is -2.24. The van der Waals surface area contributed by atoms with Crippen molar-refractivity contribution in [2.45, 2.75) is 6.04 Å². The van der Waals surface area contributed by atoms with Gasteiger partial charge in [-0.05, 0) is 42.5 Å².